The minimum atomic E-state index is -0.256. The molecule has 0 unspecified atom stereocenters. The van der Waals surface area contributed by atoms with Crippen LogP contribution in [-0.2, 0) is 13.1 Å². The molecule has 0 atom stereocenters. The molecule has 0 spiro atoms. The number of halogens is 1. The van der Waals surface area contributed by atoms with Crippen molar-refractivity contribution in [2.24, 2.45) is 0 Å². The van der Waals surface area contributed by atoms with Gasteiger partial charge in [-0.15, -0.1) is 11.3 Å². The van der Waals surface area contributed by atoms with Crippen LogP contribution in [0.2, 0.25) is 0 Å². The van der Waals surface area contributed by atoms with Crippen molar-refractivity contribution in [3.8, 4) is 0 Å². The highest BCUT2D eigenvalue weighted by Gasteiger charge is 2.27. The van der Waals surface area contributed by atoms with Gasteiger partial charge in [-0.05, 0) is 19.1 Å². The summed E-state index contributed by atoms with van der Waals surface area (Å²) in [6, 6.07) is 15.4. The van der Waals surface area contributed by atoms with Crippen LogP contribution in [0.1, 0.15) is 17.5 Å². The molecule has 32 heavy (non-hydrogen) atoms. The molecule has 4 aromatic rings. The third kappa shape index (κ3) is 3.72. The summed E-state index contributed by atoms with van der Waals surface area (Å²) in [6.45, 7) is 3.33. The molecule has 0 bridgehead atoms. The molecule has 2 aromatic heterocycles. The van der Waals surface area contributed by atoms with Gasteiger partial charge in [-0.2, -0.15) is 4.57 Å². The molecule has 0 fully saturated rings. The average molecular weight is 483 g/mol. The van der Waals surface area contributed by atoms with E-state index in [0.717, 1.165) is 26.9 Å². The Balaban J connectivity index is 1.62. The van der Waals surface area contributed by atoms with E-state index in [1.54, 1.807) is 22.0 Å². The van der Waals surface area contributed by atoms with Crippen LogP contribution in [0.4, 0.5) is 10.1 Å². The van der Waals surface area contributed by atoms with Crippen LogP contribution in [-0.4, -0.2) is 11.6 Å². The second-order valence-corrected chi connectivity index (χ2v) is 10.3. The molecule has 2 aromatic carbocycles. The fourth-order valence-electron chi connectivity index (χ4n) is 3.75. The van der Waals surface area contributed by atoms with Gasteiger partial charge in [-0.25, -0.2) is 4.39 Å². The van der Waals surface area contributed by atoms with Crippen LogP contribution in [0.3, 0.4) is 0 Å². The smallest absolute Gasteiger partial charge is 0.271 e. The molecule has 8 heteroatoms. The summed E-state index contributed by atoms with van der Waals surface area (Å²) in [5, 5.41) is 3.92. The lowest BCUT2D eigenvalue weighted by Gasteiger charge is -2.11. The van der Waals surface area contributed by atoms with Crippen molar-refractivity contribution in [1.82, 2.24) is 4.57 Å². The number of rotatable bonds is 4. The Bertz CT molecular complexity index is 1470. The first-order valence-electron chi connectivity index (χ1n) is 10.2. The maximum atomic E-state index is 14.3. The van der Waals surface area contributed by atoms with E-state index in [1.807, 2.05) is 43.1 Å². The zero-order chi connectivity index (χ0) is 22.2. The van der Waals surface area contributed by atoms with Gasteiger partial charge in [0.2, 0.25) is 0 Å². The summed E-state index contributed by atoms with van der Waals surface area (Å²) in [7, 11) is 1.89. The number of aromatic nitrogens is 2. The van der Waals surface area contributed by atoms with Crippen LogP contribution in [0, 0.1) is 5.82 Å². The highest BCUT2D eigenvalue weighted by Crippen LogP contribution is 2.46. The zero-order valence-corrected chi connectivity index (χ0v) is 20.1. The highest BCUT2D eigenvalue weighted by molar-refractivity contribution is 8.08. The summed E-state index contributed by atoms with van der Waals surface area (Å²) in [6.07, 6.45) is 4.15. The molecule has 0 saturated carbocycles. The topological polar surface area (TPSA) is 29.1 Å². The zero-order valence-electron chi connectivity index (χ0n) is 17.6. The molecule has 1 aliphatic heterocycles. The van der Waals surface area contributed by atoms with Crippen molar-refractivity contribution in [3.05, 3.63) is 96.0 Å². The van der Waals surface area contributed by atoms with Crippen LogP contribution in [0.15, 0.2) is 69.8 Å². The summed E-state index contributed by atoms with van der Waals surface area (Å²) >= 11 is 4.45. The van der Waals surface area contributed by atoms with Gasteiger partial charge in [0.25, 0.3) is 10.6 Å². The molecule has 1 aliphatic rings. The normalized spacial score (nSPS) is 15.5. The standard InChI is InChI=1S/C24H21FN3OS3/c1-3-28-20(14-19-27(12-13-30-19)15-16-8-5-4-6-9-16)31-22(23(28)29)24-26(2)18-11-7-10-17(25)21(18)32-24/h4-14H,3,15H2,1-2H3/q+1. The van der Waals surface area contributed by atoms with Crippen LogP contribution >= 0.6 is 34.4 Å². The second kappa shape index (κ2) is 8.69. The molecule has 0 radical (unpaired) electrons. The third-order valence-corrected chi connectivity index (χ3v) is 8.77. The van der Waals surface area contributed by atoms with Crippen molar-refractivity contribution < 1.29 is 8.96 Å². The van der Waals surface area contributed by atoms with Crippen LogP contribution in [0.25, 0.3) is 11.1 Å². The maximum absolute atomic E-state index is 14.3. The second-order valence-electron chi connectivity index (χ2n) is 7.37. The van der Waals surface area contributed by atoms with Crippen molar-refractivity contribution in [2.45, 2.75) is 24.9 Å². The van der Waals surface area contributed by atoms with Gasteiger partial charge in [-0.3, -0.25) is 9.36 Å². The Morgan fingerprint density at radius 1 is 1.12 bits per heavy atom. The minimum Gasteiger partial charge on any atom is -0.337 e. The lowest BCUT2D eigenvalue weighted by atomic mass is 10.2. The monoisotopic (exact) mass is 482 g/mol. The lowest BCUT2D eigenvalue weighted by Crippen LogP contribution is -2.36. The molecule has 162 valence electrons. The van der Waals surface area contributed by atoms with Crippen molar-refractivity contribution in [1.29, 1.82) is 0 Å². The van der Waals surface area contributed by atoms with Gasteiger partial charge in [0.05, 0.1) is 22.0 Å². The first kappa shape index (κ1) is 21.2. The molecule has 0 amide bonds. The molecule has 3 heterocycles. The largest absolute Gasteiger partial charge is 0.337 e. The van der Waals surface area contributed by atoms with Crippen molar-refractivity contribution >= 4 is 51.2 Å². The summed E-state index contributed by atoms with van der Waals surface area (Å²) < 4.78 is 19.9. The number of anilines is 1. The van der Waals surface area contributed by atoms with Crippen molar-refractivity contribution in [3.63, 3.8) is 0 Å². The molecule has 5 rings (SSSR count). The first-order valence-corrected chi connectivity index (χ1v) is 12.7. The van der Waals surface area contributed by atoms with Crippen LogP contribution in [0.5, 0.6) is 0 Å². The Morgan fingerprint density at radius 2 is 1.94 bits per heavy atom. The maximum Gasteiger partial charge on any atom is 0.271 e. The number of benzene rings is 2. The molecule has 0 N–H and O–H groups in total. The fraction of sp³-hybridized carbons (Fsp3) is 0.167. The Kier molecular flexibility index (Phi) is 5.75. The summed E-state index contributed by atoms with van der Waals surface area (Å²) in [5.41, 5.74) is 1.99. The quantitative estimate of drug-likeness (QED) is 0.416. The third-order valence-electron chi connectivity index (χ3n) is 5.39. The number of thioether (sulfide) groups is 1. The van der Waals surface area contributed by atoms with Gasteiger partial charge in [0.15, 0.2) is 12.7 Å². The van der Waals surface area contributed by atoms with E-state index >= 15 is 0 Å². The number of nitrogens with zero attached hydrogens (tertiary/aromatic N) is 3. The van der Waals surface area contributed by atoms with E-state index in [2.05, 4.69) is 34.4 Å². The number of hydrogen-bond acceptors (Lipinski definition) is 5. The van der Waals surface area contributed by atoms with Gasteiger partial charge in [0.1, 0.15) is 20.0 Å². The molecular weight excluding hydrogens is 461 g/mol. The SMILES string of the molecule is CCn1c(=Cc2scc[n+]2Cc2ccccc2)sc(=C2Sc3c(F)cccc3N2C)c1=O. The Hall–Kier alpha value is -2.68. The Labute approximate surface area is 197 Å². The van der Waals surface area contributed by atoms with Crippen LogP contribution < -0.4 is 24.2 Å². The van der Waals surface area contributed by atoms with Gasteiger partial charge in [0, 0.05) is 19.2 Å². The van der Waals surface area contributed by atoms with E-state index in [0.29, 0.717) is 16.0 Å². The van der Waals surface area contributed by atoms with E-state index in [4.69, 9.17) is 0 Å². The predicted octanol–water partition coefficient (Wildman–Crippen LogP) is 3.60. The lowest BCUT2D eigenvalue weighted by molar-refractivity contribution is -0.685. The fourth-order valence-corrected chi connectivity index (χ4v) is 7.07. The molecule has 0 aliphatic carbocycles. The number of fused-ring (bicyclic) bond motifs is 1. The predicted molar refractivity (Wildman–Crippen MR) is 131 cm³/mol. The Morgan fingerprint density at radius 3 is 2.69 bits per heavy atom. The minimum absolute atomic E-state index is 0.0301. The molecular formula is C24H21FN3OS3+. The van der Waals surface area contributed by atoms with E-state index < -0.39 is 0 Å². The first-order chi connectivity index (χ1) is 15.6. The molecule has 0 saturated heterocycles. The van der Waals surface area contributed by atoms with E-state index in [9.17, 15) is 9.18 Å². The van der Waals surface area contributed by atoms with E-state index in [1.165, 1.54) is 34.7 Å². The highest BCUT2D eigenvalue weighted by atomic mass is 32.2. The van der Waals surface area contributed by atoms with Gasteiger partial charge in [-0.1, -0.05) is 59.5 Å². The number of thiazole rings is 2. The van der Waals surface area contributed by atoms with Gasteiger partial charge >= 0.3 is 0 Å². The summed E-state index contributed by atoms with van der Waals surface area (Å²) in [5.74, 6) is -0.256. The molecule has 4 nitrogen and oxygen atoms in total. The summed E-state index contributed by atoms with van der Waals surface area (Å²) in [4.78, 5) is 15.8. The number of hydrogen-bond donors (Lipinski definition) is 0. The van der Waals surface area contributed by atoms with Crippen molar-refractivity contribution in [2.75, 3.05) is 11.9 Å². The van der Waals surface area contributed by atoms with Gasteiger partial charge < -0.3 is 4.90 Å². The average Bonchev–Trinajstić information content (AvgIpc) is 3.46. The van der Waals surface area contributed by atoms with E-state index in [-0.39, 0.29) is 11.4 Å².